The number of halogens is 4. The Morgan fingerprint density at radius 2 is 1.71 bits per heavy atom. The third-order valence-electron chi connectivity index (χ3n) is 1.92. The Kier molecular flexibility index (Phi) is 3.98. The highest BCUT2D eigenvalue weighted by Crippen LogP contribution is 2.17. The third-order valence-corrected chi connectivity index (χ3v) is 3.03. The lowest BCUT2D eigenvalue weighted by molar-refractivity contribution is 0.485. The normalized spacial score (nSPS) is 12.9. The van der Waals surface area contributed by atoms with Gasteiger partial charge in [0.05, 0.1) is 0 Å². The van der Waals surface area contributed by atoms with Gasteiger partial charge in [-0.2, -0.15) is 0 Å². The Balaban J connectivity index is 2.92. The van der Waals surface area contributed by atoms with Crippen molar-refractivity contribution < 1.29 is 13.2 Å². The summed E-state index contributed by atoms with van der Waals surface area (Å²) < 4.78 is 38.4. The summed E-state index contributed by atoms with van der Waals surface area (Å²) in [5, 5.41) is 0.700. The molecule has 0 bridgehead atoms. The molecule has 0 spiro atoms. The van der Waals surface area contributed by atoms with E-state index >= 15 is 0 Å². The quantitative estimate of drug-likeness (QED) is 0.579. The number of benzene rings is 1. The van der Waals surface area contributed by atoms with Crippen molar-refractivity contribution in [1.82, 2.24) is 0 Å². The van der Waals surface area contributed by atoms with Crippen molar-refractivity contribution in [3.8, 4) is 0 Å². The topological polar surface area (TPSA) is 0 Å². The highest BCUT2D eigenvalue weighted by molar-refractivity contribution is 9.09. The molecular weight excluding hydrogens is 257 g/mol. The monoisotopic (exact) mass is 266 g/mol. The van der Waals surface area contributed by atoms with Crippen LogP contribution in [0.1, 0.15) is 12.5 Å². The standard InChI is InChI=1S/C10H10BrF3/c1-6(5-11)2-7-3-9(13)10(14)4-8(7)12/h3-4,6H,2,5H2,1H3. The Hall–Kier alpha value is -0.510. The molecule has 14 heavy (non-hydrogen) atoms. The van der Waals surface area contributed by atoms with Gasteiger partial charge in [-0.15, -0.1) is 0 Å². The van der Waals surface area contributed by atoms with E-state index in [0.29, 0.717) is 17.8 Å². The minimum atomic E-state index is -1.14. The highest BCUT2D eigenvalue weighted by Gasteiger charge is 2.11. The van der Waals surface area contributed by atoms with Gasteiger partial charge < -0.3 is 0 Å². The second-order valence-corrected chi connectivity index (χ2v) is 3.97. The van der Waals surface area contributed by atoms with Gasteiger partial charge in [0.15, 0.2) is 11.6 Å². The summed E-state index contributed by atoms with van der Waals surface area (Å²) in [6.45, 7) is 1.90. The lowest BCUT2D eigenvalue weighted by Crippen LogP contribution is -2.04. The Bertz CT molecular complexity index is 325. The van der Waals surface area contributed by atoms with E-state index in [9.17, 15) is 13.2 Å². The molecule has 0 N–H and O–H groups in total. The maximum absolute atomic E-state index is 13.1. The molecule has 1 aromatic rings. The minimum absolute atomic E-state index is 0.189. The van der Waals surface area contributed by atoms with Crippen LogP contribution in [0.15, 0.2) is 12.1 Å². The average Bonchev–Trinajstić information content (AvgIpc) is 2.14. The maximum atomic E-state index is 13.1. The first-order valence-corrected chi connectivity index (χ1v) is 5.36. The van der Waals surface area contributed by atoms with Gasteiger partial charge in [0.25, 0.3) is 0 Å². The average molecular weight is 267 g/mol. The molecule has 4 heteroatoms. The molecule has 1 aromatic carbocycles. The van der Waals surface area contributed by atoms with Crippen molar-refractivity contribution in [2.45, 2.75) is 13.3 Å². The summed E-state index contributed by atoms with van der Waals surface area (Å²) in [7, 11) is 0. The number of alkyl halides is 1. The molecule has 0 aliphatic carbocycles. The maximum Gasteiger partial charge on any atom is 0.161 e. The van der Waals surface area contributed by atoms with E-state index in [2.05, 4.69) is 15.9 Å². The first-order chi connectivity index (χ1) is 6.54. The van der Waals surface area contributed by atoms with Gasteiger partial charge in [-0.1, -0.05) is 22.9 Å². The number of hydrogen-bond donors (Lipinski definition) is 0. The molecule has 0 saturated carbocycles. The molecule has 0 aromatic heterocycles. The van der Waals surface area contributed by atoms with Gasteiger partial charge in [-0.3, -0.25) is 0 Å². The predicted molar refractivity (Wildman–Crippen MR) is 53.0 cm³/mol. The molecule has 0 aliphatic heterocycles. The molecule has 0 heterocycles. The van der Waals surface area contributed by atoms with Crippen LogP contribution in [0, 0.1) is 23.4 Å². The predicted octanol–water partition coefficient (Wildman–Crippen LogP) is 3.68. The lowest BCUT2D eigenvalue weighted by atomic mass is 10.0. The van der Waals surface area contributed by atoms with Crippen molar-refractivity contribution in [2.24, 2.45) is 5.92 Å². The van der Waals surface area contributed by atoms with E-state index in [1.807, 2.05) is 6.92 Å². The van der Waals surface area contributed by atoms with Crippen molar-refractivity contribution in [3.05, 3.63) is 35.1 Å². The molecule has 0 fully saturated rings. The second kappa shape index (κ2) is 4.82. The smallest absolute Gasteiger partial charge is 0.161 e. The molecular formula is C10H10BrF3. The van der Waals surface area contributed by atoms with E-state index in [0.717, 1.165) is 6.07 Å². The van der Waals surface area contributed by atoms with Gasteiger partial charge in [-0.25, -0.2) is 13.2 Å². The first-order valence-electron chi connectivity index (χ1n) is 4.24. The molecule has 0 aliphatic rings. The van der Waals surface area contributed by atoms with Crippen LogP contribution < -0.4 is 0 Å². The molecule has 0 nitrogen and oxygen atoms in total. The zero-order chi connectivity index (χ0) is 10.7. The SMILES string of the molecule is CC(CBr)Cc1cc(F)c(F)cc1F. The van der Waals surface area contributed by atoms with E-state index in [1.165, 1.54) is 0 Å². The molecule has 78 valence electrons. The van der Waals surface area contributed by atoms with Crippen molar-refractivity contribution in [1.29, 1.82) is 0 Å². The van der Waals surface area contributed by atoms with Crippen LogP contribution >= 0.6 is 15.9 Å². The molecule has 1 rings (SSSR count). The van der Waals surface area contributed by atoms with Crippen LogP contribution in [0.2, 0.25) is 0 Å². The van der Waals surface area contributed by atoms with Crippen LogP contribution in [-0.4, -0.2) is 5.33 Å². The van der Waals surface area contributed by atoms with E-state index in [4.69, 9.17) is 0 Å². The van der Waals surface area contributed by atoms with Crippen LogP contribution in [0.4, 0.5) is 13.2 Å². The van der Waals surface area contributed by atoms with Gasteiger partial charge in [-0.05, 0) is 24.0 Å². The second-order valence-electron chi connectivity index (χ2n) is 3.32. The molecule has 1 unspecified atom stereocenters. The fourth-order valence-electron chi connectivity index (χ4n) is 1.15. The molecule has 0 saturated heterocycles. The van der Waals surface area contributed by atoms with Crippen LogP contribution in [-0.2, 0) is 6.42 Å². The van der Waals surface area contributed by atoms with Gasteiger partial charge in [0, 0.05) is 11.4 Å². The largest absolute Gasteiger partial charge is 0.207 e. The Labute approximate surface area is 89.3 Å². The minimum Gasteiger partial charge on any atom is -0.207 e. The summed E-state index contributed by atoms with van der Waals surface area (Å²) in [6.07, 6.45) is 0.397. The summed E-state index contributed by atoms with van der Waals surface area (Å²) >= 11 is 3.24. The summed E-state index contributed by atoms with van der Waals surface area (Å²) in [4.78, 5) is 0. The zero-order valence-corrected chi connectivity index (χ0v) is 9.24. The van der Waals surface area contributed by atoms with E-state index in [1.54, 1.807) is 0 Å². The zero-order valence-electron chi connectivity index (χ0n) is 7.66. The van der Waals surface area contributed by atoms with Crippen molar-refractivity contribution in [3.63, 3.8) is 0 Å². The van der Waals surface area contributed by atoms with E-state index in [-0.39, 0.29) is 11.5 Å². The first kappa shape index (κ1) is 11.6. The number of rotatable bonds is 3. The fraction of sp³-hybridized carbons (Fsp3) is 0.400. The van der Waals surface area contributed by atoms with Gasteiger partial charge in [0.2, 0.25) is 0 Å². The Morgan fingerprint density at radius 3 is 2.29 bits per heavy atom. The van der Waals surface area contributed by atoms with E-state index < -0.39 is 17.5 Å². The van der Waals surface area contributed by atoms with Gasteiger partial charge in [0.1, 0.15) is 5.82 Å². The van der Waals surface area contributed by atoms with Crippen molar-refractivity contribution >= 4 is 15.9 Å². The van der Waals surface area contributed by atoms with Crippen LogP contribution in [0.5, 0.6) is 0 Å². The lowest BCUT2D eigenvalue weighted by Gasteiger charge is -2.08. The Morgan fingerprint density at radius 1 is 1.14 bits per heavy atom. The highest BCUT2D eigenvalue weighted by atomic mass is 79.9. The molecule has 0 amide bonds. The fourth-order valence-corrected chi connectivity index (χ4v) is 1.38. The molecule has 0 radical (unpaired) electrons. The summed E-state index contributed by atoms with van der Waals surface area (Å²) in [5.41, 5.74) is 0.218. The third kappa shape index (κ3) is 2.74. The van der Waals surface area contributed by atoms with Crippen LogP contribution in [0.3, 0.4) is 0 Å². The number of hydrogen-bond acceptors (Lipinski definition) is 0. The summed E-state index contributed by atoms with van der Waals surface area (Å²) in [5.74, 6) is -2.63. The summed E-state index contributed by atoms with van der Waals surface area (Å²) in [6, 6.07) is 1.51. The van der Waals surface area contributed by atoms with Crippen LogP contribution in [0.25, 0.3) is 0 Å². The van der Waals surface area contributed by atoms with Crippen molar-refractivity contribution in [2.75, 3.05) is 5.33 Å². The van der Waals surface area contributed by atoms with Gasteiger partial charge >= 0.3 is 0 Å². The molecule has 1 atom stereocenters.